The Hall–Kier alpha value is -1.86. The van der Waals surface area contributed by atoms with E-state index in [2.05, 4.69) is 19.2 Å². The highest BCUT2D eigenvalue weighted by Gasteiger charge is 2.79. The predicted molar refractivity (Wildman–Crippen MR) is 123 cm³/mol. The summed E-state index contributed by atoms with van der Waals surface area (Å²) in [4.78, 5) is 37.4. The molecule has 34 heavy (non-hydrogen) atoms. The Bertz CT molecular complexity index is 1040. The minimum Gasteiger partial charge on any atom is -0.458 e. The fourth-order valence-corrected chi connectivity index (χ4v) is 9.42. The average molecular weight is 474 g/mol. The monoisotopic (exact) mass is 473 g/mol. The second kappa shape index (κ2) is 7.10. The summed E-state index contributed by atoms with van der Waals surface area (Å²) < 4.78 is 21.0. The van der Waals surface area contributed by atoms with Crippen LogP contribution in [0.2, 0.25) is 0 Å². The van der Waals surface area contributed by atoms with Crippen molar-refractivity contribution < 1.29 is 28.6 Å². The van der Waals surface area contributed by atoms with Gasteiger partial charge in [-0.05, 0) is 66.2 Å². The summed E-state index contributed by atoms with van der Waals surface area (Å²) in [6, 6.07) is 0. The largest absolute Gasteiger partial charge is 0.458 e. The zero-order valence-electron chi connectivity index (χ0n) is 20.7. The summed E-state index contributed by atoms with van der Waals surface area (Å²) in [6.45, 7) is 10.4. The molecule has 5 aliphatic rings. The Morgan fingerprint density at radius 1 is 1.24 bits per heavy atom. The van der Waals surface area contributed by atoms with Gasteiger partial charge in [0.1, 0.15) is 6.17 Å². The molecule has 9 atom stereocenters. The van der Waals surface area contributed by atoms with Crippen molar-refractivity contribution >= 4 is 17.5 Å². The Balaban J connectivity index is 1.65. The van der Waals surface area contributed by atoms with Crippen molar-refractivity contribution in [1.82, 2.24) is 5.32 Å². The number of hydrogen-bond donors (Lipinski definition) is 2. The number of esters is 1. The average Bonchev–Trinajstić information content (AvgIpc) is 3.26. The van der Waals surface area contributed by atoms with Crippen molar-refractivity contribution in [2.45, 2.75) is 66.2 Å². The van der Waals surface area contributed by atoms with Crippen LogP contribution in [-0.2, 0) is 19.1 Å². The number of allylic oxidation sites excluding steroid dienone is 4. The minimum absolute atomic E-state index is 0.0198. The van der Waals surface area contributed by atoms with Crippen LogP contribution in [0.15, 0.2) is 23.8 Å². The molecular weight excluding hydrogens is 437 g/mol. The molecular formula is C27H36FNO5. The zero-order chi connectivity index (χ0) is 24.9. The fourth-order valence-electron chi connectivity index (χ4n) is 9.42. The third-order valence-electron chi connectivity index (χ3n) is 11.5. The summed E-state index contributed by atoms with van der Waals surface area (Å²) in [5.74, 6) is -0.996. The lowest BCUT2D eigenvalue weighted by Gasteiger charge is -2.70. The van der Waals surface area contributed by atoms with Gasteiger partial charge in [-0.15, -0.1) is 0 Å². The van der Waals surface area contributed by atoms with Crippen LogP contribution >= 0.6 is 0 Å². The number of Topliss-reactive ketones (excluding diaryl/α,β-unsaturated/α-hetero) is 1. The molecule has 0 aromatic carbocycles. The SMILES string of the molecule is CC(=O)OCC(=O)C12CNCC1CC1(C)C3CC(F)C4=CC(=O)C=CC4(C)C3(C)C(O)CC12C. The van der Waals surface area contributed by atoms with Gasteiger partial charge in [-0.3, -0.25) is 14.4 Å². The molecule has 1 saturated heterocycles. The highest BCUT2D eigenvalue weighted by molar-refractivity contribution is 6.01. The van der Waals surface area contributed by atoms with Crippen LogP contribution in [0.4, 0.5) is 4.39 Å². The highest BCUT2D eigenvalue weighted by atomic mass is 19.1. The first-order valence-electron chi connectivity index (χ1n) is 12.4. The summed E-state index contributed by atoms with van der Waals surface area (Å²) >= 11 is 0. The summed E-state index contributed by atoms with van der Waals surface area (Å²) in [5, 5.41) is 15.3. The lowest BCUT2D eigenvalue weighted by molar-refractivity contribution is -0.229. The number of fused-ring (bicyclic) bond motifs is 7. The van der Waals surface area contributed by atoms with E-state index in [1.165, 1.54) is 19.1 Å². The Kier molecular flexibility index (Phi) is 4.98. The van der Waals surface area contributed by atoms with E-state index in [-0.39, 0.29) is 36.4 Å². The van der Waals surface area contributed by atoms with E-state index in [0.717, 1.165) is 6.42 Å². The number of alkyl halides is 1. The van der Waals surface area contributed by atoms with Crippen LogP contribution in [0.3, 0.4) is 0 Å². The zero-order valence-corrected chi connectivity index (χ0v) is 20.7. The van der Waals surface area contributed by atoms with Crippen LogP contribution in [0.25, 0.3) is 0 Å². The molecule has 4 aliphatic carbocycles. The van der Waals surface area contributed by atoms with Gasteiger partial charge in [0.05, 0.1) is 11.5 Å². The standard InChI is InChI=1S/C27H36FNO5/c1-15(30)34-13-22(33)27-14-29-12-16(27)10-24(3)20-9-19(28)18-8-17(31)6-7-23(18,2)26(20,5)21(32)11-25(24,27)4/h6-8,16,19-21,29,32H,9-14H2,1-5H3. The third-order valence-corrected chi connectivity index (χ3v) is 11.5. The molecule has 6 nitrogen and oxygen atoms in total. The molecule has 1 heterocycles. The molecule has 4 fully saturated rings. The quantitative estimate of drug-likeness (QED) is 0.613. The van der Waals surface area contributed by atoms with E-state index in [0.29, 0.717) is 25.1 Å². The molecule has 0 aromatic rings. The number of carbonyl (C=O) groups excluding carboxylic acids is 3. The number of ether oxygens (including phenoxy) is 1. The summed E-state index contributed by atoms with van der Waals surface area (Å²) in [5.41, 5.74) is -2.85. The first-order valence-corrected chi connectivity index (χ1v) is 12.4. The van der Waals surface area contributed by atoms with E-state index in [9.17, 15) is 19.5 Å². The van der Waals surface area contributed by atoms with Crippen LogP contribution in [0, 0.1) is 38.9 Å². The van der Waals surface area contributed by atoms with Gasteiger partial charge in [-0.2, -0.15) is 0 Å². The second-order valence-electron chi connectivity index (χ2n) is 12.3. The van der Waals surface area contributed by atoms with Crippen LogP contribution < -0.4 is 5.32 Å². The number of carbonyl (C=O) groups is 3. The highest BCUT2D eigenvalue weighted by Crippen LogP contribution is 2.80. The van der Waals surface area contributed by atoms with Gasteiger partial charge in [0.2, 0.25) is 0 Å². The fraction of sp³-hybridized carbons (Fsp3) is 0.741. The molecule has 0 aromatic heterocycles. The number of hydrogen-bond acceptors (Lipinski definition) is 6. The molecule has 0 amide bonds. The number of halogens is 1. The Labute approximate surface area is 200 Å². The third kappa shape index (κ3) is 2.50. The lowest BCUT2D eigenvalue weighted by Crippen LogP contribution is -2.69. The minimum atomic E-state index is -1.28. The van der Waals surface area contributed by atoms with Crippen molar-refractivity contribution in [3.05, 3.63) is 23.8 Å². The van der Waals surface area contributed by atoms with Crippen molar-refractivity contribution in [1.29, 1.82) is 0 Å². The van der Waals surface area contributed by atoms with Gasteiger partial charge in [0, 0.05) is 24.3 Å². The van der Waals surface area contributed by atoms with Gasteiger partial charge >= 0.3 is 5.97 Å². The van der Waals surface area contributed by atoms with Crippen molar-refractivity contribution in [3.63, 3.8) is 0 Å². The predicted octanol–water partition coefficient (Wildman–Crippen LogP) is 2.94. The normalized spacial score (nSPS) is 51.1. The molecule has 0 bridgehead atoms. The molecule has 7 heteroatoms. The second-order valence-corrected chi connectivity index (χ2v) is 12.3. The van der Waals surface area contributed by atoms with Gasteiger partial charge in [-0.25, -0.2) is 4.39 Å². The van der Waals surface area contributed by atoms with E-state index in [4.69, 9.17) is 4.74 Å². The topological polar surface area (TPSA) is 92.7 Å². The maximum atomic E-state index is 15.8. The molecule has 9 unspecified atom stereocenters. The van der Waals surface area contributed by atoms with Crippen LogP contribution in [0.1, 0.15) is 53.9 Å². The molecule has 186 valence electrons. The van der Waals surface area contributed by atoms with E-state index in [1.54, 1.807) is 6.08 Å². The molecule has 3 saturated carbocycles. The van der Waals surface area contributed by atoms with Gasteiger partial charge in [-0.1, -0.05) is 33.8 Å². The number of nitrogens with one attached hydrogen (secondary N) is 1. The van der Waals surface area contributed by atoms with E-state index >= 15 is 4.39 Å². The number of ketones is 2. The van der Waals surface area contributed by atoms with Crippen molar-refractivity contribution in [2.75, 3.05) is 19.7 Å². The van der Waals surface area contributed by atoms with Crippen molar-refractivity contribution in [2.24, 2.45) is 38.9 Å². The van der Waals surface area contributed by atoms with Gasteiger partial charge in [0.25, 0.3) is 0 Å². The Morgan fingerprint density at radius 3 is 2.62 bits per heavy atom. The first kappa shape index (κ1) is 23.9. The van der Waals surface area contributed by atoms with Crippen LogP contribution in [-0.4, -0.2) is 54.6 Å². The van der Waals surface area contributed by atoms with E-state index < -0.39 is 45.3 Å². The van der Waals surface area contributed by atoms with Crippen LogP contribution in [0.5, 0.6) is 0 Å². The molecule has 2 N–H and O–H groups in total. The molecule has 1 aliphatic heterocycles. The number of aliphatic hydroxyl groups is 1. The molecule has 0 spiro atoms. The first-order chi connectivity index (χ1) is 15.8. The maximum Gasteiger partial charge on any atom is 0.303 e. The van der Waals surface area contributed by atoms with Gasteiger partial charge in [0.15, 0.2) is 18.2 Å². The lowest BCUT2D eigenvalue weighted by atomic mass is 9.34. The number of rotatable bonds is 3. The molecule has 5 rings (SSSR count). The van der Waals surface area contributed by atoms with Crippen molar-refractivity contribution in [3.8, 4) is 0 Å². The summed E-state index contributed by atoms with van der Waals surface area (Å²) in [7, 11) is 0. The molecule has 0 radical (unpaired) electrons. The van der Waals surface area contributed by atoms with Gasteiger partial charge < -0.3 is 15.2 Å². The van der Waals surface area contributed by atoms with E-state index in [1.807, 2.05) is 13.8 Å². The summed E-state index contributed by atoms with van der Waals surface area (Å²) in [6.07, 6.45) is 3.99. The number of aliphatic hydroxyl groups excluding tert-OH is 1. The maximum absolute atomic E-state index is 15.8. The Morgan fingerprint density at radius 2 is 1.94 bits per heavy atom. The smallest absolute Gasteiger partial charge is 0.303 e.